The van der Waals surface area contributed by atoms with E-state index in [1.165, 1.54) is 45.2 Å². The molecule has 2 rings (SSSR count). The lowest BCUT2D eigenvalue weighted by Crippen LogP contribution is -2.39. The second-order valence-corrected chi connectivity index (χ2v) is 5.86. The van der Waals surface area contributed by atoms with Crippen LogP contribution in [0.25, 0.3) is 0 Å². The molecular weight excluding hydrogens is 184 g/mol. The highest BCUT2D eigenvalue weighted by atomic mass is 15.2. The molecule has 2 fully saturated rings. The van der Waals surface area contributed by atoms with Crippen LogP contribution in [0.3, 0.4) is 0 Å². The standard InChI is InChI=1S/C13H26N2/c1-10(2)11-7-8-15(9-11)13-5-3-12(14)4-6-13/h10-13H,3-9,14H2,1-2H3/t11-,12?,13?/m0/s1. The summed E-state index contributed by atoms with van der Waals surface area (Å²) in [4.78, 5) is 2.73. The molecule has 1 aliphatic heterocycles. The van der Waals surface area contributed by atoms with Gasteiger partial charge in [0, 0.05) is 18.6 Å². The van der Waals surface area contributed by atoms with Crippen LogP contribution in [0.5, 0.6) is 0 Å². The second-order valence-electron chi connectivity index (χ2n) is 5.86. The fourth-order valence-electron chi connectivity index (χ4n) is 3.16. The molecule has 0 radical (unpaired) electrons. The van der Waals surface area contributed by atoms with Crippen LogP contribution in [0.15, 0.2) is 0 Å². The zero-order valence-electron chi connectivity index (χ0n) is 10.3. The molecule has 2 aliphatic rings. The van der Waals surface area contributed by atoms with E-state index < -0.39 is 0 Å². The zero-order valence-corrected chi connectivity index (χ0v) is 10.3. The predicted octanol–water partition coefficient (Wildman–Crippen LogP) is 2.23. The van der Waals surface area contributed by atoms with Crippen molar-refractivity contribution in [3.05, 3.63) is 0 Å². The van der Waals surface area contributed by atoms with Crippen LogP contribution < -0.4 is 5.73 Å². The van der Waals surface area contributed by atoms with E-state index in [4.69, 9.17) is 5.73 Å². The van der Waals surface area contributed by atoms with Crippen molar-refractivity contribution in [3.63, 3.8) is 0 Å². The van der Waals surface area contributed by atoms with Crippen LogP contribution in [-0.4, -0.2) is 30.1 Å². The molecule has 1 saturated heterocycles. The zero-order chi connectivity index (χ0) is 10.8. The summed E-state index contributed by atoms with van der Waals surface area (Å²) in [5, 5.41) is 0. The maximum atomic E-state index is 5.95. The first kappa shape index (κ1) is 11.4. The molecule has 15 heavy (non-hydrogen) atoms. The average molecular weight is 210 g/mol. The summed E-state index contributed by atoms with van der Waals surface area (Å²) < 4.78 is 0. The lowest BCUT2D eigenvalue weighted by molar-refractivity contribution is 0.172. The number of likely N-dealkylation sites (tertiary alicyclic amines) is 1. The van der Waals surface area contributed by atoms with Crippen LogP contribution in [0.1, 0.15) is 46.0 Å². The highest BCUT2D eigenvalue weighted by Gasteiger charge is 2.31. The van der Waals surface area contributed by atoms with E-state index in [2.05, 4.69) is 18.7 Å². The van der Waals surface area contributed by atoms with Crippen molar-refractivity contribution in [1.29, 1.82) is 0 Å². The number of rotatable bonds is 2. The molecule has 0 amide bonds. The largest absolute Gasteiger partial charge is 0.328 e. The van der Waals surface area contributed by atoms with Gasteiger partial charge in [0.15, 0.2) is 0 Å². The van der Waals surface area contributed by atoms with E-state index in [-0.39, 0.29) is 0 Å². The first-order chi connectivity index (χ1) is 7.16. The molecule has 0 unspecified atom stereocenters. The van der Waals surface area contributed by atoms with Crippen molar-refractivity contribution in [2.75, 3.05) is 13.1 Å². The molecule has 2 nitrogen and oxygen atoms in total. The summed E-state index contributed by atoms with van der Waals surface area (Å²) in [6.07, 6.45) is 6.58. The minimum absolute atomic E-state index is 0.491. The Bertz CT molecular complexity index is 195. The molecule has 0 spiro atoms. The number of hydrogen-bond acceptors (Lipinski definition) is 2. The first-order valence-corrected chi connectivity index (χ1v) is 6.66. The fraction of sp³-hybridized carbons (Fsp3) is 1.00. The van der Waals surface area contributed by atoms with Gasteiger partial charge in [0.2, 0.25) is 0 Å². The Kier molecular flexibility index (Phi) is 3.68. The van der Waals surface area contributed by atoms with Gasteiger partial charge < -0.3 is 10.6 Å². The Balaban J connectivity index is 1.80. The summed E-state index contributed by atoms with van der Waals surface area (Å²) in [5.41, 5.74) is 5.95. The van der Waals surface area contributed by atoms with E-state index in [9.17, 15) is 0 Å². The van der Waals surface area contributed by atoms with Crippen LogP contribution in [0.4, 0.5) is 0 Å². The van der Waals surface area contributed by atoms with Crippen LogP contribution >= 0.6 is 0 Å². The first-order valence-electron chi connectivity index (χ1n) is 6.66. The van der Waals surface area contributed by atoms with Crippen molar-refractivity contribution in [2.45, 2.75) is 58.0 Å². The predicted molar refractivity (Wildman–Crippen MR) is 64.7 cm³/mol. The van der Waals surface area contributed by atoms with Gasteiger partial charge in [-0.05, 0) is 50.5 Å². The van der Waals surface area contributed by atoms with Crippen molar-refractivity contribution in [1.82, 2.24) is 4.90 Å². The van der Waals surface area contributed by atoms with Gasteiger partial charge >= 0.3 is 0 Å². The molecule has 2 heteroatoms. The van der Waals surface area contributed by atoms with Crippen molar-refractivity contribution in [3.8, 4) is 0 Å². The van der Waals surface area contributed by atoms with Gasteiger partial charge in [-0.2, -0.15) is 0 Å². The van der Waals surface area contributed by atoms with E-state index >= 15 is 0 Å². The third kappa shape index (κ3) is 2.73. The smallest absolute Gasteiger partial charge is 0.00965 e. The summed E-state index contributed by atoms with van der Waals surface area (Å²) >= 11 is 0. The van der Waals surface area contributed by atoms with Gasteiger partial charge in [-0.25, -0.2) is 0 Å². The Morgan fingerprint density at radius 1 is 1.07 bits per heavy atom. The minimum atomic E-state index is 0.491. The quantitative estimate of drug-likeness (QED) is 0.757. The lowest BCUT2D eigenvalue weighted by Gasteiger charge is -2.33. The van der Waals surface area contributed by atoms with Gasteiger partial charge in [-0.3, -0.25) is 0 Å². The lowest BCUT2D eigenvalue weighted by atomic mass is 9.90. The molecule has 0 bridgehead atoms. The maximum Gasteiger partial charge on any atom is 0.00965 e. The number of hydrogen-bond donors (Lipinski definition) is 1. The van der Waals surface area contributed by atoms with Crippen LogP contribution in [0, 0.1) is 11.8 Å². The molecule has 1 aliphatic carbocycles. The number of nitrogens with zero attached hydrogens (tertiary/aromatic N) is 1. The Labute approximate surface area is 94.2 Å². The van der Waals surface area contributed by atoms with Crippen LogP contribution in [-0.2, 0) is 0 Å². The molecule has 1 saturated carbocycles. The molecule has 1 heterocycles. The molecule has 0 aromatic carbocycles. The minimum Gasteiger partial charge on any atom is -0.328 e. The molecule has 88 valence electrons. The van der Waals surface area contributed by atoms with E-state index in [1.54, 1.807) is 0 Å². The maximum absolute atomic E-state index is 5.95. The van der Waals surface area contributed by atoms with Crippen LogP contribution in [0.2, 0.25) is 0 Å². The normalized spacial score (nSPS) is 38.8. The van der Waals surface area contributed by atoms with Crippen molar-refractivity contribution < 1.29 is 0 Å². The summed E-state index contributed by atoms with van der Waals surface area (Å²) in [6.45, 7) is 7.41. The molecular formula is C13H26N2. The highest BCUT2D eigenvalue weighted by Crippen LogP contribution is 2.30. The van der Waals surface area contributed by atoms with E-state index in [0.29, 0.717) is 6.04 Å². The Hall–Kier alpha value is -0.0800. The monoisotopic (exact) mass is 210 g/mol. The molecule has 1 atom stereocenters. The Morgan fingerprint density at radius 3 is 2.27 bits per heavy atom. The van der Waals surface area contributed by atoms with E-state index in [1.807, 2.05) is 0 Å². The third-order valence-corrected chi connectivity index (χ3v) is 4.46. The topological polar surface area (TPSA) is 29.3 Å². The fourth-order valence-corrected chi connectivity index (χ4v) is 3.16. The highest BCUT2D eigenvalue weighted by molar-refractivity contribution is 4.86. The van der Waals surface area contributed by atoms with Gasteiger partial charge in [0.05, 0.1) is 0 Å². The van der Waals surface area contributed by atoms with Gasteiger partial charge in [-0.15, -0.1) is 0 Å². The molecule has 0 aromatic rings. The van der Waals surface area contributed by atoms with Gasteiger partial charge in [0.1, 0.15) is 0 Å². The summed E-state index contributed by atoms with van der Waals surface area (Å²) in [5.74, 6) is 1.81. The summed E-state index contributed by atoms with van der Waals surface area (Å²) in [6, 6.07) is 1.35. The Morgan fingerprint density at radius 2 is 1.73 bits per heavy atom. The van der Waals surface area contributed by atoms with Gasteiger partial charge in [0.25, 0.3) is 0 Å². The van der Waals surface area contributed by atoms with E-state index in [0.717, 1.165) is 17.9 Å². The average Bonchev–Trinajstić information content (AvgIpc) is 2.68. The molecule has 2 N–H and O–H groups in total. The van der Waals surface area contributed by atoms with Crippen molar-refractivity contribution in [2.24, 2.45) is 17.6 Å². The van der Waals surface area contributed by atoms with Gasteiger partial charge in [-0.1, -0.05) is 13.8 Å². The van der Waals surface area contributed by atoms with Crippen molar-refractivity contribution >= 4 is 0 Å². The summed E-state index contributed by atoms with van der Waals surface area (Å²) in [7, 11) is 0. The third-order valence-electron chi connectivity index (χ3n) is 4.46. The SMILES string of the molecule is CC(C)[C@H]1CCN(C2CCC(N)CC2)C1. The molecule has 0 aromatic heterocycles. The number of nitrogens with two attached hydrogens (primary N) is 1. The second kappa shape index (κ2) is 4.84.